The molecule has 2 heterocycles. The number of pyridine rings is 1. The summed E-state index contributed by atoms with van der Waals surface area (Å²) in [7, 11) is 1.61. The van der Waals surface area contributed by atoms with Crippen LogP contribution in [0.15, 0.2) is 59.1 Å². The molecule has 3 amide bonds. The number of hydrogen-bond donors (Lipinski definition) is 3. The molecule has 8 nitrogen and oxygen atoms in total. The Kier molecular flexibility index (Phi) is 5.93. The number of amides is 3. The zero-order chi connectivity index (χ0) is 22.7. The molecule has 1 unspecified atom stereocenters. The molecule has 1 atom stereocenters. The van der Waals surface area contributed by atoms with Crippen LogP contribution in [-0.2, 0) is 4.79 Å². The van der Waals surface area contributed by atoms with Crippen molar-refractivity contribution >= 4 is 39.5 Å². The third-order valence-corrected chi connectivity index (χ3v) is 5.24. The fraction of sp³-hybridized carbons (Fsp3) is 0.208. The molecule has 3 N–H and O–H groups in total. The minimum atomic E-state index is -0.471. The standard InChI is InChI=1S/C24H24N4O4/c1-14-18-12-17(31-3)9-10-20(18)32-23(14)15(2)27-24(30)26-13-21(29)28-19-8-4-6-16-7-5-11-25-22(16)19/h4-12,15H,13H2,1-3H3,(H,28,29)(H2,26,27,30). The van der Waals surface area contributed by atoms with Crippen molar-refractivity contribution < 1.29 is 18.7 Å². The van der Waals surface area contributed by atoms with Crippen LogP contribution in [0.3, 0.4) is 0 Å². The highest BCUT2D eigenvalue weighted by Gasteiger charge is 2.19. The summed E-state index contributed by atoms with van der Waals surface area (Å²) < 4.78 is 11.2. The van der Waals surface area contributed by atoms with E-state index in [0.29, 0.717) is 17.0 Å². The summed E-state index contributed by atoms with van der Waals surface area (Å²) >= 11 is 0. The van der Waals surface area contributed by atoms with Gasteiger partial charge >= 0.3 is 6.03 Å². The molecule has 2 aromatic heterocycles. The number of carbonyl (C=O) groups excluding carboxylic acids is 2. The zero-order valence-electron chi connectivity index (χ0n) is 18.1. The summed E-state index contributed by atoms with van der Waals surface area (Å²) in [6.45, 7) is 3.57. The molecule has 8 heteroatoms. The van der Waals surface area contributed by atoms with Crippen LogP contribution in [-0.4, -0.2) is 30.6 Å². The van der Waals surface area contributed by atoms with Crippen LogP contribution >= 0.6 is 0 Å². The molecule has 0 saturated heterocycles. The van der Waals surface area contributed by atoms with E-state index in [4.69, 9.17) is 9.15 Å². The molecule has 0 aliphatic carbocycles. The first kappa shape index (κ1) is 21.2. The molecule has 4 rings (SSSR count). The number of benzene rings is 2. The lowest BCUT2D eigenvalue weighted by atomic mass is 10.1. The van der Waals surface area contributed by atoms with Gasteiger partial charge in [-0.3, -0.25) is 9.78 Å². The number of nitrogens with zero attached hydrogens (tertiary/aromatic N) is 1. The lowest BCUT2D eigenvalue weighted by Crippen LogP contribution is -2.41. The Balaban J connectivity index is 1.36. The van der Waals surface area contributed by atoms with Gasteiger partial charge in [-0.05, 0) is 44.2 Å². The van der Waals surface area contributed by atoms with Crippen molar-refractivity contribution in [2.45, 2.75) is 19.9 Å². The van der Waals surface area contributed by atoms with Crippen LogP contribution in [0.25, 0.3) is 21.9 Å². The Hall–Kier alpha value is -4.07. The van der Waals surface area contributed by atoms with Gasteiger partial charge in [0.2, 0.25) is 5.91 Å². The average Bonchev–Trinajstić information content (AvgIpc) is 3.14. The molecule has 164 valence electrons. The molecule has 0 spiro atoms. The van der Waals surface area contributed by atoms with Crippen molar-refractivity contribution in [1.29, 1.82) is 0 Å². The molecule has 0 bridgehead atoms. The molecule has 2 aromatic carbocycles. The molecular formula is C24H24N4O4. The second-order valence-corrected chi connectivity index (χ2v) is 7.43. The van der Waals surface area contributed by atoms with E-state index in [9.17, 15) is 9.59 Å². The predicted molar refractivity (Wildman–Crippen MR) is 123 cm³/mol. The largest absolute Gasteiger partial charge is 0.497 e. The van der Waals surface area contributed by atoms with Crippen molar-refractivity contribution in [3.05, 3.63) is 66.1 Å². The second kappa shape index (κ2) is 8.97. The lowest BCUT2D eigenvalue weighted by molar-refractivity contribution is -0.115. The maximum Gasteiger partial charge on any atom is 0.315 e. The third-order valence-electron chi connectivity index (χ3n) is 5.24. The first-order chi connectivity index (χ1) is 15.5. The number of anilines is 1. The Morgan fingerprint density at radius 2 is 1.97 bits per heavy atom. The summed E-state index contributed by atoms with van der Waals surface area (Å²) in [4.78, 5) is 29.0. The van der Waals surface area contributed by atoms with Crippen molar-refractivity contribution in [3.8, 4) is 5.75 Å². The van der Waals surface area contributed by atoms with Gasteiger partial charge in [0.25, 0.3) is 0 Å². The van der Waals surface area contributed by atoms with Gasteiger partial charge in [0.15, 0.2) is 0 Å². The number of hydrogen-bond acceptors (Lipinski definition) is 5. The highest BCUT2D eigenvalue weighted by atomic mass is 16.5. The van der Waals surface area contributed by atoms with Gasteiger partial charge in [-0.2, -0.15) is 0 Å². The molecule has 0 radical (unpaired) electrons. The summed E-state index contributed by atoms with van der Waals surface area (Å²) in [6, 6.07) is 14.0. The minimum Gasteiger partial charge on any atom is -0.497 e. The third kappa shape index (κ3) is 4.34. The highest BCUT2D eigenvalue weighted by molar-refractivity contribution is 6.01. The van der Waals surface area contributed by atoms with E-state index in [1.165, 1.54) is 0 Å². The minimum absolute atomic E-state index is 0.182. The van der Waals surface area contributed by atoms with Gasteiger partial charge in [0, 0.05) is 22.5 Å². The topological polar surface area (TPSA) is 105 Å². The number of fused-ring (bicyclic) bond motifs is 2. The smallest absolute Gasteiger partial charge is 0.315 e. The van der Waals surface area contributed by atoms with E-state index < -0.39 is 12.1 Å². The van der Waals surface area contributed by atoms with Crippen LogP contribution in [0.1, 0.15) is 24.3 Å². The zero-order valence-corrected chi connectivity index (χ0v) is 18.1. The van der Waals surface area contributed by atoms with Gasteiger partial charge in [-0.15, -0.1) is 0 Å². The van der Waals surface area contributed by atoms with Gasteiger partial charge in [-0.25, -0.2) is 4.79 Å². The summed E-state index contributed by atoms with van der Waals surface area (Å²) in [5.41, 5.74) is 2.93. The predicted octanol–water partition coefficient (Wildman–Crippen LogP) is 4.30. The lowest BCUT2D eigenvalue weighted by Gasteiger charge is -2.14. The Bertz CT molecular complexity index is 1290. The Morgan fingerprint density at radius 3 is 2.78 bits per heavy atom. The summed E-state index contributed by atoms with van der Waals surface area (Å²) in [5.74, 6) is 1.03. The number of aromatic nitrogens is 1. The van der Waals surface area contributed by atoms with Crippen LogP contribution < -0.4 is 20.7 Å². The number of rotatable bonds is 6. The maximum absolute atomic E-state index is 12.3. The monoisotopic (exact) mass is 432 g/mol. The Labute approximate surface area is 185 Å². The number of nitrogens with one attached hydrogen (secondary N) is 3. The molecule has 32 heavy (non-hydrogen) atoms. The van der Waals surface area contributed by atoms with Crippen molar-refractivity contribution in [1.82, 2.24) is 15.6 Å². The van der Waals surface area contributed by atoms with Crippen molar-refractivity contribution in [2.24, 2.45) is 0 Å². The van der Waals surface area contributed by atoms with E-state index in [1.54, 1.807) is 19.4 Å². The van der Waals surface area contributed by atoms with Gasteiger partial charge < -0.3 is 25.1 Å². The van der Waals surface area contributed by atoms with E-state index in [0.717, 1.165) is 27.7 Å². The maximum atomic E-state index is 12.3. The van der Waals surface area contributed by atoms with E-state index in [-0.39, 0.29) is 12.5 Å². The normalized spacial score (nSPS) is 11.8. The summed E-state index contributed by atoms with van der Waals surface area (Å²) in [6.07, 6.45) is 1.67. The SMILES string of the molecule is COc1ccc2oc(C(C)NC(=O)NCC(=O)Nc3cccc4cccnc34)c(C)c2c1. The molecule has 0 aliphatic heterocycles. The molecular weight excluding hydrogens is 408 g/mol. The highest BCUT2D eigenvalue weighted by Crippen LogP contribution is 2.31. The van der Waals surface area contributed by atoms with E-state index in [1.807, 2.05) is 56.3 Å². The number of urea groups is 1. The van der Waals surface area contributed by atoms with Crippen LogP contribution in [0.5, 0.6) is 5.75 Å². The van der Waals surface area contributed by atoms with Crippen molar-refractivity contribution in [2.75, 3.05) is 19.0 Å². The fourth-order valence-electron chi connectivity index (χ4n) is 3.63. The van der Waals surface area contributed by atoms with Crippen LogP contribution in [0, 0.1) is 6.92 Å². The van der Waals surface area contributed by atoms with Gasteiger partial charge in [0.1, 0.15) is 17.1 Å². The van der Waals surface area contributed by atoms with E-state index in [2.05, 4.69) is 20.9 Å². The second-order valence-electron chi connectivity index (χ2n) is 7.43. The molecule has 0 aliphatic rings. The Morgan fingerprint density at radius 1 is 1.16 bits per heavy atom. The van der Waals surface area contributed by atoms with E-state index >= 15 is 0 Å². The summed E-state index contributed by atoms with van der Waals surface area (Å²) in [5, 5.41) is 10.0. The first-order valence-electron chi connectivity index (χ1n) is 10.2. The number of carbonyl (C=O) groups is 2. The number of para-hydroxylation sites is 1. The fourth-order valence-corrected chi connectivity index (χ4v) is 3.63. The quantitative estimate of drug-likeness (QED) is 0.421. The number of methoxy groups -OCH3 is 1. The number of aryl methyl sites for hydroxylation is 1. The van der Waals surface area contributed by atoms with Gasteiger partial charge in [0.05, 0.1) is 30.9 Å². The first-order valence-corrected chi connectivity index (χ1v) is 10.2. The van der Waals surface area contributed by atoms with Crippen LogP contribution in [0.4, 0.5) is 10.5 Å². The molecule has 4 aromatic rings. The number of ether oxygens (including phenoxy) is 1. The molecule has 0 saturated carbocycles. The van der Waals surface area contributed by atoms with Gasteiger partial charge in [-0.1, -0.05) is 18.2 Å². The number of furan rings is 1. The van der Waals surface area contributed by atoms with Crippen LogP contribution in [0.2, 0.25) is 0 Å². The van der Waals surface area contributed by atoms with Crippen molar-refractivity contribution in [3.63, 3.8) is 0 Å². The average molecular weight is 432 g/mol. The molecule has 0 fully saturated rings.